The summed E-state index contributed by atoms with van der Waals surface area (Å²) in [5, 5.41) is 7.93. The third-order valence-electron chi connectivity index (χ3n) is 13.4. The number of carbonyl (C=O) groups is 7. The molecule has 2 aliphatic rings. The Labute approximate surface area is 439 Å². The van der Waals surface area contributed by atoms with Crippen molar-refractivity contribution in [1.82, 2.24) is 34.9 Å². The lowest BCUT2D eigenvalue weighted by Crippen LogP contribution is -2.50. The summed E-state index contributed by atoms with van der Waals surface area (Å²) in [5.74, 6) is -0.679. The van der Waals surface area contributed by atoms with E-state index in [9.17, 15) is 33.6 Å². The molecule has 1 aliphatic carbocycles. The van der Waals surface area contributed by atoms with Gasteiger partial charge in [0, 0.05) is 74.6 Å². The van der Waals surface area contributed by atoms with E-state index in [2.05, 4.69) is 53.0 Å². The number of carbonyl (C=O) groups excluding carboxylic acids is 7. The predicted octanol–water partition coefficient (Wildman–Crippen LogP) is 4.84. The molecule has 1 aliphatic heterocycles. The molecule has 1 saturated carbocycles. The van der Waals surface area contributed by atoms with Gasteiger partial charge in [-0.05, 0) is 90.2 Å². The van der Waals surface area contributed by atoms with Crippen molar-refractivity contribution in [1.29, 1.82) is 0 Å². The minimum absolute atomic E-state index is 0.00650. The van der Waals surface area contributed by atoms with Crippen LogP contribution in [0.4, 0.5) is 0 Å². The van der Waals surface area contributed by atoms with Crippen molar-refractivity contribution in [3.8, 4) is 11.1 Å². The number of unbranched alkanes of at least 4 members (excludes halogenated alkanes) is 1. The Balaban J connectivity index is 0.875. The van der Waals surface area contributed by atoms with Gasteiger partial charge in [0.05, 0.1) is 63.8 Å². The van der Waals surface area contributed by atoms with Crippen LogP contribution in [0.25, 0.3) is 22.0 Å². The second kappa shape index (κ2) is 28.3. The number of amides is 2. The third-order valence-corrected chi connectivity index (χ3v) is 13.9. The molecule has 3 aromatic heterocycles. The highest BCUT2D eigenvalue weighted by Gasteiger charge is 2.67. The van der Waals surface area contributed by atoms with E-state index >= 15 is 0 Å². The lowest BCUT2D eigenvalue weighted by molar-refractivity contribution is -0.142. The number of piperidine rings is 1. The SMILES string of the molecule is CCCC[C@@]12C[C@@H]1C[C@@H](C(=O)Cc1nc(Br)ccc1C)N2C(=O)Cn1nc(C(C)=O)c2cc(-c3cnc(CCC(=O)COCCOCCNC(=O)COCCOCCCC(=O)CC[C@H](N)C(=O)OC)nc3)ccc21. The summed E-state index contributed by atoms with van der Waals surface area (Å²) in [6.07, 6.45) is 9.52. The molecular weight excluding hydrogens is 1020 g/mol. The Morgan fingerprint density at radius 2 is 1.61 bits per heavy atom. The molecule has 20 nitrogen and oxygen atoms in total. The van der Waals surface area contributed by atoms with Crippen molar-refractivity contribution in [3.63, 3.8) is 0 Å². The Bertz CT molecular complexity index is 2610. The number of aromatic nitrogens is 5. The van der Waals surface area contributed by atoms with Crippen LogP contribution in [0.1, 0.15) is 106 Å². The highest BCUT2D eigenvalue weighted by molar-refractivity contribution is 9.10. The second-order valence-electron chi connectivity index (χ2n) is 18.9. The minimum Gasteiger partial charge on any atom is -0.468 e. The van der Waals surface area contributed by atoms with Gasteiger partial charge in [0.25, 0.3) is 0 Å². The maximum absolute atomic E-state index is 14.5. The van der Waals surface area contributed by atoms with Crippen molar-refractivity contribution in [2.24, 2.45) is 11.7 Å². The first kappa shape index (κ1) is 57.6. The number of nitrogens with one attached hydrogen (secondary N) is 1. The van der Waals surface area contributed by atoms with E-state index in [1.54, 1.807) is 17.1 Å². The van der Waals surface area contributed by atoms with E-state index in [0.717, 1.165) is 36.8 Å². The number of hydrogen-bond donors (Lipinski definition) is 2. The minimum atomic E-state index is -0.805. The van der Waals surface area contributed by atoms with Crippen LogP contribution >= 0.6 is 15.9 Å². The van der Waals surface area contributed by atoms with Gasteiger partial charge in [-0.3, -0.25) is 38.2 Å². The number of benzene rings is 1. The van der Waals surface area contributed by atoms with E-state index in [-0.39, 0.29) is 137 Å². The topological polar surface area (TPSA) is 263 Å². The fraction of sp³-hybridized carbons (Fsp3) is 0.566. The molecule has 0 unspecified atom stereocenters. The van der Waals surface area contributed by atoms with Crippen LogP contribution < -0.4 is 11.1 Å². The van der Waals surface area contributed by atoms with Crippen LogP contribution in [0, 0.1) is 12.8 Å². The fourth-order valence-corrected chi connectivity index (χ4v) is 9.70. The number of esters is 1. The largest absolute Gasteiger partial charge is 0.468 e. The van der Waals surface area contributed by atoms with Gasteiger partial charge in [0.1, 0.15) is 47.7 Å². The average molecular weight is 1090 g/mol. The number of rotatable bonds is 34. The Morgan fingerprint density at radius 1 is 0.878 bits per heavy atom. The second-order valence-corrected chi connectivity index (χ2v) is 19.7. The lowest BCUT2D eigenvalue weighted by atomic mass is 10.0. The van der Waals surface area contributed by atoms with Crippen molar-refractivity contribution in [3.05, 3.63) is 70.1 Å². The molecule has 0 spiro atoms. The lowest BCUT2D eigenvalue weighted by Gasteiger charge is -2.34. The molecule has 6 rings (SSSR count). The number of aryl methyl sites for hydroxylation is 2. The first-order valence-electron chi connectivity index (χ1n) is 25.4. The normalized spacial score (nSPS) is 17.2. The van der Waals surface area contributed by atoms with Gasteiger partial charge in [-0.2, -0.15) is 5.10 Å². The summed E-state index contributed by atoms with van der Waals surface area (Å²) in [4.78, 5) is 105. The van der Waals surface area contributed by atoms with Gasteiger partial charge in [0.2, 0.25) is 11.8 Å². The summed E-state index contributed by atoms with van der Waals surface area (Å²) in [7, 11) is 1.25. The molecule has 0 radical (unpaired) electrons. The summed E-state index contributed by atoms with van der Waals surface area (Å²) in [6.45, 7) is 6.96. The molecular formula is C53H69BrN8O12. The van der Waals surface area contributed by atoms with Gasteiger partial charge in [-0.15, -0.1) is 0 Å². The van der Waals surface area contributed by atoms with E-state index in [0.29, 0.717) is 64.9 Å². The van der Waals surface area contributed by atoms with Crippen LogP contribution in [0.5, 0.6) is 0 Å². The molecule has 400 valence electrons. The molecule has 74 heavy (non-hydrogen) atoms. The molecule has 0 bridgehead atoms. The standard InChI is InChI=1S/C53H69BrN8O12/c1-5-6-17-53-28-38(53)26-45(46(66)27-43-34(2)9-15-47(54)59-43)62(53)50(68)31-61-44-14-10-36(25-41(44)51(60-61)35(3)63)37-29-57-48(58-30-37)16-12-40(65)32-73-23-22-72-20-18-56-49(67)33-74-24-21-71-19-7-8-39(64)11-13-42(55)52(69)70-4/h9-10,14-15,25,29-30,38,42,45H,5-8,11-13,16-24,26-28,31-33,55H2,1-4H3,(H,56,67)/t38-,42-,45-,53+/m0/s1. The predicted molar refractivity (Wildman–Crippen MR) is 275 cm³/mol. The summed E-state index contributed by atoms with van der Waals surface area (Å²) in [6, 6.07) is 7.96. The maximum Gasteiger partial charge on any atom is 0.322 e. The van der Waals surface area contributed by atoms with Crippen LogP contribution in [0.15, 0.2) is 47.3 Å². The molecule has 3 N–H and O–H groups in total. The van der Waals surface area contributed by atoms with Gasteiger partial charge < -0.3 is 39.6 Å². The first-order chi connectivity index (χ1) is 35.6. The van der Waals surface area contributed by atoms with Crippen LogP contribution in [-0.2, 0) is 71.8 Å². The molecule has 2 fully saturated rings. The van der Waals surface area contributed by atoms with Crippen LogP contribution in [0.3, 0.4) is 0 Å². The Hall–Kier alpha value is -5.71. The summed E-state index contributed by atoms with van der Waals surface area (Å²) < 4.78 is 28.5. The molecule has 4 heterocycles. The molecule has 21 heteroatoms. The zero-order chi connectivity index (χ0) is 53.2. The third kappa shape index (κ3) is 16.1. The molecule has 2 amide bonds. The number of hydrogen-bond acceptors (Lipinski definition) is 17. The van der Waals surface area contributed by atoms with Crippen molar-refractivity contribution in [2.75, 3.05) is 66.5 Å². The number of ketones is 4. The molecule has 1 aromatic carbocycles. The maximum atomic E-state index is 14.5. The number of methoxy groups -OCH3 is 1. The van der Waals surface area contributed by atoms with Gasteiger partial charge in [0.15, 0.2) is 17.3 Å². The zero-order valence-electron chi connectivity index (χ0n) is 42.9. The van der Waals surface area contributed by atoms with E-state index in [1.165, 1.54) is 14.0 Å². The highest BCUT2D eigenvalue weighted by Crippen LogP contribution is 2.61. The summed E-state index contributed by atoms with van der Waals surface area (Å²) >= 11 is 3.43. The number of nitrogens with zero attached hydrogens (tertiary/aromatic N) is 6. The van der Waals surface area contributed by atoms with Gasteiger partial charge in [-0.1, -0.05) is 31.9 Å². The monoisotopic (exact) mass is 1090 g/mol. The number of nitrogens with two attached hydrogens (primary N) is 1. The number of fused-ring (bicyclic) bond motifs is 2. The van der Waals surface area contributed by atoms with Crippen LogP contribution in [-0.4, -0.2) is 155 Å². The highest BCUT2D eigenvalue weighted by atomic mass is 79.9. The number of ether oxygens (including phenoxy) is 5. The van der Waals surface area contributed by atoms with Crippen molar-refractivity contribution >= 4 is 67.7 Å². The van der Waals surface area contributed by atoms with Crippen molar-refractivity contribution < 1.29 is 57.2 Å². The number of pyridine rings is 1. The van der Waals surface area contributed by atoms with E-state index < -0.39 is 18.1 Å². The van der Waals surface area contributed by atoms with Crippen LogP contribution in [0.2, 0.25) is 0 Å². The zero-order valence-corrected chi connectivity index (χ0v) is 44.5. The van der Waals surface area contributed by atoms with Gasteiger partial charge >= 0.3 is 5.97 Å². The Morgan fingerprint density at radius 3 is 2.34 bits per heavy atom. The molecule has 1 saturated heterocycles. The number of Topliss-reactive ketones (excluding diaryl/α,β-unsaturated/α-hetero) is 4. The summed E-state index contributed by atoms with van der Waals surface area (Å²) in [5.41, 5.74) is 9.20. The van der Waals surface area contributed by atoms with E-state index in [1.807, 2.05) is 42.2 Å². The molecule has 4 aromatic rings. The van der Waals surface area contributed by atoms with Gasteiger partial charge in [-0.25, -0.2) is 15.0 Å². The van der Waals surface area contributed by atoms with Crippen molar-refractivity contribution in [2.45, 2.75) is 122 Å². The average Bonchev–Trinajstić information content (AvgIpc) is 3.81. The fourth-order valence-electron chi connectivity index (χ4n) is 9.35. The Kier molecular flexibility index (Phi) is 22.0. The number of likely N-dealkylation sites (tertiary alicyclic amines) is 1. The number of halogens is 1. The smallest absolute Gasteiger partial charge is 0.322 e. The quantitative estimate of drug-likeness (QED) is 0.0274. The first-order valence-corrected chi connectivity index (χ1v) is 26.2. The molecule has 4 atom stereocenters. The van der Waals surface area contributed by atoms with E-state index in [4.69, 9.17) is 24.7 Å².